The zero-order valence-corrected chi connectivity index (χ0v) is 18.9. The highest BCUT2D eigenvalue weighted by Crippen LogP contribution is 2.40. The molecule has 5 rings (SSSR count). The summed E-state index contributed by atoms with van der Waals surface area (Å²) in [6.45, 7) is 2.75. The number of hydrogen-bond acceptors (Lipinski definition) is 6. The molecular formula is C25H19NO4S2. The molecule has 1 saturated heterocycles. The van der Waals surface area contributed by atoms with Crippen LogP contribution < -0.4 is 19.1 Å². The minimum absolute atomic E-state index is 0.154. The molecule has 3 aromatic rings. The molecule has 5 nitrogen and oxygen atoms in total. The molecule has 0 aliphatic carbocycles. The van der Waals surface area contributed by atoms with Crippen LogP contribution >= 0.6 is 24.0 Å². The first-order valence-corrected chi connectivity index (χ1v) is 11.3. The fraction of sp³-hybridized carbons (Fsp3) is 0.120. The average molecular weight is 462 g/mol. The molecule has 0 aromatic heterocycles. The van der Waals surface area contributed by atoms with E-state index in [2.05, 4.69) is 19.1 Å². The lowest BCUT2D eigenvalue weighted by Crippen LogP contribution is -2.27. The Kier molecular flexibility index (Phi) is 5.59. The Hall–Kier alpha value is -3.29. The van der Waals surface area contributed by atoms with Gasteiger partial charge in [-0.05, 0) is 48.4 Å². The summed E-state index contributed by atoms with van der Waals surface area (Å²) in [7, 11) is 0. The summed E-state index contributed by atoms with van der Waals surface area (Å²) < 4.78 is 17.1. The maximum Gasteiger partial charge on any atom is 0.270 e. The lowest BCUT2D eigenvalue weighted by Gasteiger charge is -2.14. The van der Waals surface area contributed by atoms with Crippen molar-refractivity contribution in [3.63, 3.8) is 0 Å². The van der Waals surface area contributed by atoms with Crippen molar-refractivity contribution in [2.75, 3.05) is 11.7 Å². The van der Waals surface area contributed by atoms with Gasteiger partial charge in [0.1, 0.15) is 12.4 Å². The van der Waals surface area contributed by atoms with Gasteiger partial charge in [0.2, 0.25) is 6.79 Å². The van der Waals surface area contributed by atoms with Crippen molar-refractivity contribution in [2.45, 2.75) is 13.5 Å². The first-order chi connectivity index (χ1) is 15.6. The number of carbonyl (C=O) groups excluding carboxylic acids is 1. The third-order valence-electron chi connectivity index (χ3n) is 5.07. The van der Waals surface area contributed by atoms with Crippen LogP contribution in [0, 0.1) is 6.92 Å². The zero-order valence-electron chi connectivity index (χ0n) is 17.2. The van der Waals surface area contributed by atoms with Crippen LogP contribution in [0.1, 0.15) is 16.7 Å². The normalized spacial score (nSPS) is 16.2. The first kappa shape index (κ1) is 20.6. The number of rotatable bonds is 5. The van der Waals surface area contributed by atoms with Crippen molar-refractivity contribution < 1.29 is 19.0 Å². The molecule has 0 radical (unpaired) electrons. The largest absolute Gasteiger partial charge is 0.489 e. The number of fused-ring (bicyclic) bond motifs is 1. The van der Waals surface area contributed by atoms with Crippen LogP contribution in [0.4, 0.5) is 5.69 Å². The topological polar surface area (TPSA) is 48.0 Å². The van der Waals surface area contributed by atoms with Crippen molar-refractivity contribution in [2.24, 2.45) is 0 Å². The molecule has 0 saturated carbocycles. The number of hydrogen-bond donors (Lipinski definition) is 0. The molecule has 1 amide bonds. The van der Waals surface area contributed by atoms with Gasteiger partial charge in [-0.2, -0.15) is 0 Å². The predicted molar refractivity (Wildman–Crippen MR) is 130 cm³/mol. The number of carbonyl (C=O) groups is 1. The Bertz CT molecular complexity index is 1240. The van der Waals surface area contributed by atoms with Crippen LogP contribution in [0.5, 0.6) is 17.2 Å². The van der Waals surface area contributed by atoms with Crippen molar-refractivity contribution in [1.29, 1.82) is 0 Å². The van der Waals surface area contributed by atoms with Gasteiger partial charge in [-0.3, -0.25) is 9.69 Å². The van der Waals surface area contributed by atoms with E-state index in [9.17, 15) is 4.79 Å². The van der Waals surface area contributed by atoms with Crippen molar-refractivity contribution >= 4 is 46.0 Å². The fourth-order valence-corrected chi connectivity index (χ4v) is 4.79. The van der Waals surface area contributed by atoms with E-state index in [1.807, 2.05) is 48.5 Å². The Labute approximate surface area is 195 Å². The van der Waals surface area contributed by atoms with Gasteiger partial charge in [0, 0.05) is 6.07 Å². The molecule has 0 spiro atoms. The van der Waals surface area contributed by atoms with E-state index < -0.39 is 0 Å². The van der Waals surface area contributed by atoms with Crippen molar-refractivity contribution in [1.82, 2.24) is 0 Å². The summed E-state index contributed by atoms with van der Waals surface area (Å²) in [4.78, 5) is 15.1. The average Bonchev–Trinajstić information content (AvgIpc) is 3.36. The Morgan fingerprint density at radius 2 is 1.88 bits per heavy atom. The SMILES string of the molecule is Cc1cccc(COc2ccc(/C=C3/SC(=S)N(c4ccc5c(c4)OCO5)C3=O)cc2)c1. The quantitative estimate of drug-likeness (QED) is 0.358. The van der Waals surface area contributed by atoms with Gasteiger partial charge in [0.25, 0.3) is 5.91 Å². The lowest BCUT2D eigenvalue weighted by atomic mass is 10.1. The fourth-order valence-electron chi connectivity index (χ4n) is 3.49. The number of amides is 1. The van der Waals surface area contributed by atoms with E-state index in [0.717, 1.165) is 16.9 Å². The highest BCUT2D eigenvalue weighted by Gasteiger charge is 2.34. The second kappa shape index (κ2) is 8.68. The molecule has 3 aromatic carbocycles. The van der Waals surface area contributed by atoms with E-state index in [-0.39, 0.29) is 12.7 Å². The molecule has 0 unspecified atom stereocenters. The molecule has 0 bridgehead atoms. The molecule has 160 valence electrons. The second-order valence-electron chi connectivity index (χ2n) is 7.40. The standard InChI is InChI=1S/C25H19NO4S2/c1-16-3-2-4-18(11-16)14-28-20-8-5-17(6-9-20)12-23-24(27)26(25(31)32-23)19-7-10-21-22(13-19)30-15-29-21/h2-13H,14-15H2,1H3/b23-12+. The molecule has 32 heavy (non-hydrogen) atoms. The smallest absolute Gasteiger partial charge is 0.270 e. The Morgan fingerprint density at radius 1 is 1.06 bits per heavy atom. The molecule has 2 heterocycles. The van der Waals surface area contributed by atoms with Crippen LogP contribution in [0.25, 0.3) is 6.08 Å². The molecule has 7 heteroatoms. The van der Waals surface area contributed by atoms with Gasteiger partial charge in [-0.25, -0.2) is 0 Å². The summed E-state index contributed by atoms with van der Waals surface area (Å²) in [5, 5.41) is 0. The highest BCUT2D eigenvalue weighted by molar-refractivity contribution is 8.27. The monoisotopic (exact) mass is 461 g/mol. The van der Waals surface area contributed by atoms with Gasteiger partial charge < -0.3 is 14.2 Å². The summed E-state index contributed by atoms with van der Waals surface area (Å²) in [6, 6.07) is 21.3. The molecular weight excluding hydrogens is 442 g/mol. The van der Waals surface area contributed by atoms with Gasteiger partial charge in [-0.1, -0.05) is 65.9 Å². The number of anilines is 1. The van der Waals surface area contributed by atoms with Gasteiger partial charge in [0.05, 0.1) is 10.6 Å². The number of nitrogens with zero attached hydrogens (tertiary/aromatic N) is 1. The predicted octanol–water partition coefficient (Wildman–Crippen LogP) is 5.71. The van der Waals surface area contributed by atoms with E-state index >= 15 is 0 Å². The van der Waals surface area contributed by atoms with E-state index in [1.54, 1.807) is 12.1 Å². The summed E-state index contributed by atoms with van der Waals surface area (Å²) in [5.74, 6) is 1.90. The number of thiocarbonyl (C=S) groups is 1. The Balaban J connectivity index is 1.28. The van der Waals surface area contributed by atoms with Gasteiger partial charge in [0.15, 0.2) is 15.8 Å². The number of benzene rings is 3. The van der Waals surface area contributed by atoms with Crippen LogP contribution in [-0.2, 0) is 11.4 Å². The minimum Gasteiger partial charge on any atom is -0.489 e. The van der Waals surface area contributed by atoms with E-state index in [0.29, 0.717) is 33.0 Å². The summed E-state index contributed by atoms with van der Waals surface area (Å²) in [5.41, 5.74) is 3.90. The Morgan fingerprint density at radius 3 is 2.69 bits per heavy atom. The third kappa shape index (κ3) is 4.22. The maximum absolute atomic E-state index is 13.0. The molecule has 1 fully saturated rings. The van der Waals surface area contributed by atoms with Gasteiger partial charge >= 0.3 is 0 Å². The van der Waals surface area contributed by atoms with Gasteiger partial charge in [-0.15, -0.1) is 0 Å². The zero-order chi connectivity index (χ0) is 22.1. The van der Waals surface area contributed by atoms with Crippen molar-refractivity contribution in [3.05, 3.63) is 88.3 Å². The number of thioether (sulfide) groups is 1. The highest BCUT2D eigenvalue weighted by atomic mass is 32.2. The maximum atomic E-state index is 13.0. The van der Waals surface area contributed by atoms with Crippen LogP contribution in [-0.4, -0.2) is 17.0 Å². The molecule has 0 atom stereocenters. The van der Waals surface area contributed by atoms with Crippen LogP contribution in [0.15, 0.2) is 71.6 Å². The number of ether oxygens (including phenoxy) is 3. The lowest BCUT2D eigenvalue weighted by molar-refractivity contribution is -0.113. The van der Waals surface area contributed by atoms with E-state index in [1.165, 1.54) is 22.2 Å². The molecule has 0 N–H and O–H groups in total. The van der Waals surface area contributed by atoms with Crippen LogP contribution in [0.3, 0.4) is 0 Å². The summed E-state index contributed by atoms with van der Waals surface area (Å²) >= 11 is 6.75. The van der Waals surface area contributed by atoms with Crippen molar-refractivity contribution in [3.8, 4) is 17.2 Å². The minimum atomic E-state index is -0.154. The summed E-state index contributed by atoms with van der Waals surface area (Å²) in [6.07, 6.45) is 1.84. The first-order valence-electron chi connectivity index (χ1n) is 10.0. The third-order valence-corrected chi connectivity index (χ3v) is 6.38. The van der Waals surface area contributed by atoms with Crippen LogP contribution in [0.2, 0.25) is 0 Å². The molecule has 2 aliphatic rings. The van der Waals surface area contributed by atoms with E-state index in [4.69, 9.17) is 26.4 Å². The number of aryl methyl sites for hydroxylation is 1. The second-order valence-corrected chi connectivity index (χ2v) is 9.08. The molecule has 2 aliphatic heterocycles.